The van der Waals surface area contributed by atoms with Gasteiger partial charge in [0.1, 0.15) is 11.9 Å². The number of likely N-dealkylation sites (tertiary alicyclic amines) is 1. The highest BCUT2D eigenvalue weighted by Gasteiger charge is 2.27. The van der Waals surface area contributed by atoms with Crippen LogP contribution in [0.4, 0.5) is 4.79 Å². The first-order valence-corrected chi connectivity index (χ1v) is 6.83. The number of hydrogen-bond donors (Lipinski definition) is 1. The lowest BCUT2D eigenvalue weighted by atomic mass is 10.2. The topological polar surface area (TPSA) is 76.1 Å². The van der Waals surface area contributed by atoms with Crippen LogP contribution in [0.15, 0.2) is 22.7 Å². The van der Waals surface area contributed by atoms with Crippen LogP contribution >= 0.6 is 15.9 Å². The molecule has 108 valence electrons. The van der Waals surface area contributed by atoms with Gasteiger partial charge in [-0.25, -0.2) is 9.59 Å². The molecule has 1 heterocycles. The molecule has 20 heavy (non-hydrogen) atoms. The molecule has 1 aromatic carbocycles. The van der Waals surface area contributed by atoms with Crippen molar-refractivity contribution in [1.82, 2.24) is 4.90 Å². The third kappa shape index (κ3) is 3.22. The molecule has 6 nitrogen and oxygen atoms in total. The number of rotatable bonds is 3. The molecule has 1 N–H and O–H groups in total. The van der Waals surface area contributed by atoms with Crippen molar-refractivity contribution in [1.29, 1.82) is 0 Å². The smallest absolute Gasteiger partial charge is 0.407 e. The van der Waals surface area contributed by atoms with E-state index in [1.165, 1.54) is 12.0 Å². The number of hydrogen-bond acceptors (Lipinski definition) is 4. The minimum atomic E-state index is -0.946. The van der Waals surface area contributed by atoms with E-state index in [9.17, 15) is 9.59 Å². The molecule has 1 amide bonds. The summed E-state index contributed by atoms with van der Waals surface area (Å²) >= 11 is 3.35. The van der Waals surface area contributed by atoms with Crippen LogP contribution in [-0.2, 0) is 4.74 Å². The fourth-order valence-corrected chi connectivity index (χ4v) is 2.36. The number of benzene rings is 1. The maximum absolute atomic E-state index is 11.5. The predicted octanol–water partition coefficient (Wildman–Crippen LogP) is 2.37. The van der Waals surface area contributed by atoms with Crippen LogP contribution in [0.2, 0.25) is 0 Å². The lowest BCUT2D eigenvalue weighted by molar-refractivity contribution is 0.0600. The average Bonchev–Trinajstić information content (AvgIpc) is 2.89. The van der Waals surface area contributed by atoms with Crippen LogP contribution in [-0.4, -0.2) is 48.4 Å². The van der Waals surface area contributed by atoms with Crippen LogP contribution in [0.25, 0.3) is 0 Å². The second-order valence-corrected chi connectivity index (χ2v) is 5.25. The standard InChI is InChI=1S/C13H14BrNO5/c1-19-12(16)8-2-3-10(14)11(6-8)20-9-4-5-15(7-9)13(17)18/h2-3,6,9H,4-5,7H2,1H3,(H,17,18)/t9-/m0/s1. The number of ether oxygens (including phenoxy) is 2. The Bertz CT molecular complexity index is 533. The molecule has 0 spiro atoms. The number of nitrogens with zero attached hydrogens (tertiary/aromatic N) is 1. The summed E-state index contributed by atoms with van der Waals surface area (Å²) in [7, 11) is 1.31. The number of carboxylic acid groups (broad SMARTS) is 1. The first kappa shape index (κ1) is 14.6. The zero-order valence-electron chi connectivity index (χ0n) is 10.8. The van der Waals surface area contributed by atoms with Crippen molar-refractivity contribution in [2.45, 2.75) is 12.5 Å². The summed E-state index contributed by atoms with van der Waals surface area (Å²) < 4.78 is 11.1. The molecule has 1 aliphatic rings. The van der Waals surface area contributed by atoms with Gasteiger partial charge in [0.2, 0.25) is 0 Å². The summed E-state index contributed by atoms with van der Waals surface area (Å²) in [4.78, 5) is 23.6. The summed E-state index contributed by atoms with van der Waals surface area (Å²) in [6.07, 6.45) is -0.532. The lowest BCUT2D eigenvalue weighted by Crippen LogP contribution is -2.29. The molecule has 1 aliphatic heterocycles. The van der Waals surface area contributed by atoms with E-state index >= 15 is 0 Å². The second-order valence-electron chi connectivity index (χ2n) is 4.39. The molecule has 7 heteroatoms. The van der Waals surface area contributed by atoms with E-state index in [1.54, 1.807) is 18.2 Å². The predicted molar refractivity (Wildman–Crippen MR) is 74.1 cm³/mol. The van der Waals surface area contributed by atoms with Gasteiger partial charge in [-0.15, -0.1) is 0 Å². The maximum Gasteiger partial charge on any atom is 0.407 e. The average molecular weight is 344 g/mol. The molecule has 0 radical (unpaired) electrons. The van der Waals surface area contributed by atoms with Crippen molar-refractivity contribution >= 4 is 28.0 Å². The monoisotopic (exact) mass is 343 g/mol. The highest BCUT2D eigenvalue weighted by molar-refractivity contribution is 9.10. The van der Waals surface area contributed by atoms with Gasteiger partial charge in [0.15, 0.2) is 0 Å². The zero-order valence-corrected chi connectivity index (χ0v) is 12.4. The fourth-order valence-electron chi connectivity index (χ4n) is 2.02. The molecule has 1 aromatic rings. The molecule has 1 fully saturated rings. The molecule has 0 saturated carbocycles. The number of esters is 1. The van der Waals surface area contributed by atoms with Crippen molar-refractivity contribution in [2.24, 2.45) is 0 Å². The van der Waals surface area contributed by atoms with Crippen LogP contribution in [0.5, 0.6) is 5.75 Å². The first-order chi connectivity index (χ1) is 9.51. The first-order valence-electron chi connectivity index (χ1n) is 6.03. The normalized spacial score (nSPS) is 17.9. The minimum Gasteiger partial charge on any atom is -0.487 e. The van der Waals surface area contributed by atoms with E-state index in [2.05, 4.69) is 20.7 Å². The van der Waals surface area contributed by atoms with Crippen LogP contribution < -0.4 is 4.74 Å². The summed E-state index contributed by atoms with van der Waals surface area (Å²) in [5.74, 6) is 0.0612. The Hall–Kier alpha value is -1.76. The van der Waals surface area contributed by atoms with Gasteiger partial charge in [-0.2, -0.15) is 0 Å². The summed E-state index contributed by atoms with van der Waals surface area (Å²) in [5, 5.41) is 8.90. The summed E-state index contributed by atoms with van der Waals surface area (Å²) in [6, 6.07) is 4.91. The molecule has 1 saturated heterocycles. The number of carbonyl (C=O) groups excluding carboxylic acids is 1. The van der Waals surface area contributed by atoms with Gasteiger partial charge >= 0.3 is 12.1 Å². The molecular weight excluding hydrogens is 330 g/mol. The summed E-state index contributed by atoms with van der Waals surface area (Å²) in [6.45, 7) is 0.776. The quantitative estimate of drug-likeness (QED) is 0.852. The minimum absolute atomic E-state index is 0.213. The van der Waals surface area contributed by atoms with Gasteiger partial charge in [-0.05, 0) is 34.1 Å². The molecular formula is C13H14BrNO5. The molecule has 0 aliphatic carbocycles. The van der Waals surface area contributed by atoms with Gasteiger partial charge in [0.25, 0.3) is 0 Å². The van der Waals surface area contributed by atoms with Crippen molar-refractivity contribution < 1.29 is 24.2 Å². The van der Waals surface area contributed by atoms with E-state index in [4.69, 9.17) is 9.84 Å². The Morgan fingerprint density at radius 2 is 2.20 bits per heavy atom. The number of amides is 1. The van der Waals surface area contributed by atoms with Gasteiger partial charge in [-0.3, -0.25) is 0 Å². The Kier molecular flexibility index (Phi) is 4.49. The SMILES string of the molecule is COC(=O)c1ccc(Br)c(O[C@H]2CCN(C(=O)O)C2)c1. The Morgan fingerprint density at radius 3 is 2.80 bits per heavy atom. The molecule has 0 aromatic heterocycles. The van der Waals surface area contributed by atoms with Gasteiger partial charge in [0, 0.05) is 13.0 Å². The fraction of sp³-hybridized carbons (Fsp3) is 0.385. The van der Waals surface area contributed by atoms with Crippen molar-refractivity contribution in [3.63, 3.8) is 0 Å². The van der Waals surface area contributed by atoms with Crippen molar-refractivity contribution in [3.05, 3.63) is 28.2 Å². The van der Waals surface area contributed by atoms with E-state index in [1.807, 2.05) is 0 Å². The second kappa shape index (κ2) is 6.13. The third-order valence-electron chi connectivity index (χ3n) is 3.06. The molecule has 1 atom stereocenters. The van der Waals surface area contributed by atoms with E-state index in [0.29, 0.717) is 35.3 Å². The van der Waals surface area contributed by atoms with Gasteiger partial charge in [0.05, 0.1) is 23.7 Å². The van der Waals surface area contributed by atoms with Crippen LogP contribution in [0.1, 0.15) is 16.8 Å². The largest absolute Gasteiger partial charge is 0.487 e. The number of carbonyl (C=O) groups is 2. The Morgan fingerprint density at radius 1 is 1.45 bits per heavy atom. The maximum atomic E-state index is 11.5. The van der Waals surface area contributed by atoms with E-state index < -0.39 is 12.1 Å². The Labute approximate surface area is 124 Å². The highest BCUT2D eigenvalue weighted by atomic mass is 79.9. The molecule has 2 rings (SSSR count). The highest BCUT2D eigenvalue weighted by Crippen LogP contribution is 2.29. The van der Waals surface area contributed by atoms with Crippen molar-refractivity contribution in [3.8, 4) is 5.75 Å². The third-order valence-corrected chi connectivity index (χ3v) is 3.72. The number of methoxy groups -OCH3 is 1. The summed E-state index contributed by atoms with van der Waals surface area (Å²) in [5.41, 5.74) is 0.388. The Balaban J connectivity index is 2.09. The van der Waals surface area contributed by atoms with E-state index in [-0.39, 0.29) is 6.10 Å². The zero-order chi connectivity index (χ0) is 14.7. The lowest BCUT2D eigenvalue weighted by Gasteiger charge is -2.16. The van der Waals surface area contributed by atoms with E-state index in [0.717, 1.165) is 0 Å². The van der Waals surface area contributed by atoms with Gasteiger partial charge in [-0.1, -0.05) is 0 Å². The van der Waals surface area contributed by atoms with Crippen LogP contribution in [0, 0.1) is 0 Å². The molecule has 0 bridgehead atoms. The van der Waals surface area contributed by atoms with Gasteiger partial charge < -0.3 is 19.5 Å². The van der Waals surface area contributed by atoms with Crippen molar-refractivity contribution in [2.75, 3.05) is 20.2 Å². The molecule has 0 unspecified atom stereocenters. The van der Waals surface area contributed by atoms with Crippen LogP contribution in [0.3, 0.4) is 0 Å². The number of halogens is 1.